The van der Waals surface area contributed by atoms with Gasteiger partial charge in [0.15, 0.2) is 0 Å². The fourth-order valence-electron chi connectivity index (χ4n) is 3.27. The summed E-state index contributed by atoms with van der Waals surface area (Å²) in [6.07, 6.45) is 5.14. The molecule has 0 saturated heterocycles. The summed E-state index contributed by atoms with van der Waals surface area (Å²) in [5.41, 5.74) is 4.61. The lowest BCUT2D eigenvalue weighted by atomic mass is 9.83. The van der Waals surface area contributed by atoms with E-state index in [0.29, 0.717) is 0 Å². The van der Waals surface area contributed by atoms with Crippen molar-refractivity contribution in [3.8, 4) is 0 Å². The van der Waals surface area contributed by atoms with Gasteiger partial charge in [-0.1, -0.05) is 46.8 Å². The Morgan fingerprint density at radius 3 is 2.54 bits per heavy atom. The lowest BCUT2D eigenvalue weighted by molar-refractivity contribution is 0.509. The highest BCUT2D eigenvalue weighted by molar-refractivity contribution is 7.18. The number of imidazole rings is 1. The average molecular weight is 364 g/mol. The zero-order valence-electron chi connectivity index (χ0n) is 16.1. The molecule has 0 spiro atoms. The van der Waals surface area contributed by atoms with E-state index in [1.165, 1.54) is 15.3 Å². The molecule has 0 amide bonds. The van der Waals surface area contributed by atoms with Crippen molar-refractivity contribution in [1.82, 2.24) is 14.4 Å². The zero-order valence-corrected chi connectivity index (χ0v) is 16.9. The number of fused-ring (bicyclic) bond motifs is 2. The van der Waals surface area contributed by atoms with Gasteiger partial charge in [0.2, 0.25) is 0 Å². The first-order chi connectivity index (χ1) is 12.2. The minimum Gasteiger partial charge on any atom is -0.307 e. The van der Waals surface area contributed by atoms with E-state index in [4.69, 9.17) is 9.97 Å². The first-order valence-corrected chi connectivity index (χ1v) is 9.88. The number of aromatic nitrogens is 3. The number of pyridine rings is 1. The second-order valence-electron chi connectivity index (χ2n) is 8.72. The average Bonchev–Trinajstić information content (AvgIpc) is 3.18. The van der Waals surface area contributed by atoms with E-state index in [1.54, 1.807) is 11.3 Å². The Bertz CT molecular complexity index is 1050. The molecule has 3 nitrogen and oxygen atoms in total. The van der Waals surface area contributed by atoms with E-state index in [2.05, 4.69) is 75.7 Å². The monoisotopic (exact) mass is 363 g/mol. The minimum absolute atomic E-state index is 0.0391. The van der Waals surface area contributed by atoms with Crippen LogP contribution in [0.25, 0.3) is 15.9 Å². The highest BCUT2D eigenvalue weighted by Crippen LogP contribution is 2.33. The van der Waals surface area contributed by atoms with Gasteiger partial charge in [-0.25, -0.2) is 9.97 Å². The third-order valence-corrected chi connectivity index (χ3v) is 6.26. The standard InChI is InChI=1S/C22H25N3S/c1-21(2,3)20-23-16-12-15(9-10-17(16)26-20)13-22(4,5)18-14-25-11-7-6-8-19(25)24-18/h6-12,14H,13H2,1-5H3. The van der Waals surface area contributed by atoms with Crippen LogP contribution in [0.2, 0.25) is 0 Å². The summed E-state index contributed by atoms with van der Waals surface area (Å²) in [5.74, 6) is 0. The number of thiazole rings is 1. The van der Waals surface area contributed by atoms with Crippen LogP contribution in [-0.4, -0.2) is 14.4 Å². The van der Waals surface area contributed by atoms with Gasteiger partial charge in [0.25, 0.3) is 0 Å². The van der Waals surface area contributed by atoms with Crippen LogP contribution in [0.4, 0.5) is 0 Å². The molecule has 0 aliphatic carbocycles. The molecular weight excluding hydrogens is 338 g/mol. The SMILES string of the molecule is CC(C)(C)c1nc2cc(CC(C)(C)c3cn4ccccc4n3)ccc2s1. The predicted molar refractivity (Wildman–Crippen MR) is 110 cm³/mol. The van der Waals surface area contributed by atoms with Crippen LogP contribution in [-0.2, 0) is 17.3 Å². The predicted octanol–water partition coefficient (Wildman–Crippen LogP) is 5.76. The molecule has 1 aromatic carbocycles. The maximum atomic E-state index is 4.88. The lowest BCUT2D eigenvalue weighted by Gasteiger charge is -2.22. The van der Waals surface area contributed by atoms with Crippen molar-refractivity contribution in [2.24, 2.45) is 0 Å². The zero-order chi connectivity index (χ0) is 18.5. The first kappa shape index (κ1) is 17.2. The molecule has 4 aromatic rings. The second kappa shape index (κ2) is 5.92. The van der Waals surface area contributed by atoms with Crippen molar-refractivity contribution in [3.63, 3.8) is 0 Å². The van der Waals surface area contributed by atoms with E-state index in [9.17, 15) is 0 Å². The fraction of sp³-hybridized carbons (Fsp3) is 0.364. The Morgan fingerprint density at radius 2 is 1.81 bits per heavy atom. The van der Waals surface area contributed by atoms with Crippen molar-refractivity contribution in [1.29, 1.82) is 0 Å². The van der Waals surface area contributed by atoms with Crippen LogP contribution < -0.4 is 0 Å². The molecule has 4 heteroatoms. The molecule has 4 rings (SSSR count). The van der Waals surface area contributed by atoms with Gasteiger partial charge in [0.1, 0.15) is 5.65 Å². The Balaban J connectivity index is 1.66. The molecule has 3 aromatic heterocycles. The van der Waals surface area contributed by atoms with Gasteiger partial charge in [-0.2, -0.15) is 0 Å². The van der Waals surface area contributed by atoms with E-state index >= 15 is 0 Å². The molecule has 0 aliphatic rings. The smallest absolute Gasteiger partial charge is 0.136 e. The van der Waals surface area contributed by atoms with E-state index < -0.39 is 0 Å². The molecule has 0 atom stereocenters. The fourth-order valence-corrected chi connectivity index (χ4v) is 4.27. The molecule has 0 radical (unpaired) electrons. The van der Waals surface area contributed by atoms with Crippen molar-refractivity contribution >= 4 is 27.2 Å². The van der Waals surface area contributed by atoms with Crippen LogP contribution in [0, 0.1) is 0 Å². The van der Waals surface area contributed by atoms with Crippen LogP contribution in [0.3, 0.4) is 0 Å². The van der Waals surface area contributed by atoms with Crippen molar-refractivity contribution in [3.05, 3.63) is 65.1 Å². The molecule has 134 valence electrons. The second-order valence-corrected chi connectivity index (χ2v) is 9.75. The van der Waals surface area contributed by atoms with Crippen molar-refractivity contribution < 1.29 is 0 Å². The minimum atomic E-state index is -0.0391. The highest BCUT2D eigenvalue weighted by Gasteiger charge is 2.25. The Hall–Kier alpha value is -2.20. The molecule has 3 heterocycles. The number of hydrogen-bond acceptors (Lipinski definition) is 3. The van der Waals surface area contributed by atoms with Crippen LogP contribution in [0.5, 0.6) is 0 Å². The van der Waals surface area contributed by atoms with Gasteiger partial charge in [0.05, 0.1) is 20.9 Å². The van der Waals surface area contributed by atoms with Crippen LogP contribution in [0.15, 0.2) is 48.8 Å². The molecule has 26 heavy (non-hydrogen) atoms. The summed E-state index contributed by atoms with van der Waals surface area (Å²) in [4.78, 5) is 9.71. The Kier molecular flexibility index (Phi) is 3.92. The Morgan fingerprint density at radius 1 is 1.00 bits per heavy atom. The number of nitrogens with zero attached hydrogens (tertiary/aromatic N) is 3. The van der Waals surface area contributed by atoms with Crippen molar-refractivity contribution in [2.45, 2.75) is 51.9 Å². The summed E-state index contributed by atoms with van der Waals surface area (Å²) in [6, 6.07) is 12.8. The van der Waals surface area contributed by atoms with E-state index in [0.717, 1.165) is 23.3 Å². The van der Waals surface area contributed by atoms with Crippen LogP contribution in [0.1, 0.15) is 50.9 Å². The topological polar surface area (TPSA) is 30.2 Å². The maximum absolute atomic E-state index is 4.88. The molecule has 0 N–H and O–H groups in total. The molecule has 0 fully saturated rings. The third kappa shape index (κ3) is 3.14. The third-order valence-electron chi connectivity index (χ3n) is 4.80. The first-order valence-electron chi connectivity index (χ1n) is 9.07. The van der Waals surface area contributed by atoms with E-state index in [-0.39, 0.29) is 10.8 Å². The molecule has 0 aliphatic heterocycles. The number of benzene rings is 1. The van der Waals surface area contributed by atoms with Gasteiger partial charge < -0.3 is 4.40 Å². The van der Waals surface area contributed by atoms with Gasteiger partial charge >= 0.3 is 0 Å². The summed E-state index contributed by atoms with van der Waals surface area (Å²) in [5, 5.41) is 1.20. The number of hydrogen-bond donors (Lipinski definition) is 0. The Labute approximate surface area is 158 Å². The maximum Gasteiger partial charge on any atom is 0.136 e. The molecule has 0 bridgehead atoms. The van der Waals surface area contributed by atoms with Gasteiger partial charge in [-0.15, -0.1) is 11.3 Å². The molecular formula is C22H25N3S. The molecule has 0 unspecified atom stereocenters. The highest BCUT2D eigenvalue weighted by atomic mass is 32.1. The summed E-state index contributed by atoms with van der Waals surface area (Å²) >= 11 is 1.80. The van der Waals surface area contributed by atoms with Crippen molar-refractivity contribution in [2.75, 3.05) is 0 Å². The summed E-state index contributed by atoms with van der Waals surface area (Å²) in [7, 11) is 0. The normalized spacial score (nSPS) is 13.0. The van der Waals surface area contributed by atoms with Crippen LogP contribution >= 0.6 is 11.3 Å². The van der Waals surface area contributed by atoms with E-state index in [1.807, 2.05) is 12.1 Å². The summed E-state index contributed by atoms with van der Waals surface area (Å²) < 4.78 is 3.36. The number of rotatable bonds is 3. The lowest BCUT2D eigenvalue weighted by Crippen LogP contribution is -2.21. The largest absolute Gasteiger partial charge is 0.307 e. The van der Waals surface area contributed by atoms with Gasteiger partial charge in [0, 0.05) is 23.2 Å². The molecule has 0 saturated carbocycles. The summed E-state index contributed by atoms with van der Waals surface area (Å²) in [6.45, 7) is 11.2. The van der Waals surface area contributed by atoms with Gasteiger partial charge in [-0.05, 0) is 36.2 Å². The van der Waals surface area contributed by atoms with Gasteiger partial charge in [-0.3, -0.25) is 0 Å². The quantitative estimate of drug-likeness (QED) is 0.463.